The largest absolute Gasteiger partial charge is 0.618 e. The third kappa shape index (κ3) is 27.0. The van der Waals surface area contributed by atoms with Crippen LogP contribution < -0.4 is 0 Å². The first-order valence-corrected chi connectivity index (χ1v) is 7.22. The van der Waals surface area contributed by atoms with E-state index < -0.39 is 18.2 Å². The Labute approximate surface area is 78.5 Å². The molecule has 0 aliphatic rings. The number of unbranched alkanes of at least 4 members (excludes halogenated alkanes) is 1. The topological polar surface area (TPSA) is 0 Å². The van der Waals surface area contributed by atoms with E-state index in [4.69, 9.17) is 36.2 Å². The molecule has 0 N–H and O–H groups in total. The Balaban J connectivity index is 0. The molecule has 0 aliphatic carbocycles. The summed E-state index contributed by atoms with van der Waals surface area (Å²) < 4.78 is 0. The van der Waals surface area contributed by atoms with Crippen LogP contribution in [0.1, 0.15) is 12.8 Å². The third-order valence-corrected chi connectivity index (χ3v) is 0.703. The van der Waals surface area contributed by atoms with Gasteiger partial charge in [0.25, 0.3) is 0 Å². The molecule has 0 unspecified atom stereocenters. The Morgan fingerprint density at radius 3 is 2.00 bits per heavy atom. The molecule has 0 aromatic rings. The lowest BCUT2D eigenvalue weighted by atomic mass is 10.4. The number of hydrogen-bond donors (Lipinski definition) is 0. The van der Waals surface area contributed by atoms with Crippen molar-refractivity contribution < 1.29 is 0 Å². The second-order valence-electron chi connectivity index (χ2n) is 1.07. The molecule has 0 nitrogen and oxygen atoms in total. The minimum Gasteiger partial charge on any atom is -0.309 e. The van der Waals surface area contributed by atoms with E-state index in [2.05, 4.69) is 5.92 Å². The fourth-order valence-corrected chi connectivity index (χ4v) is 0.289. The van der Waals surface area contributed by atoms with Crippen molar-refractivity contribution in [2.45, 2.75) is 12.8 Å². The van der Waals surface area contributed by atoms with Crippen LogP contribution in [0.2, 0.25) is 0 Å². The molecular formula is C5H6Cl3Mg. The molecule has 1 radical (unpaired) electrons. The minimum absolute atomic E-state index is 0.639. The highest BCUT2D eigenvalue weighted by molar-refractivity contribution is 7.22. The van der Waals surface area contributed by atoms with Crippen LogP contribution in [0.4, 0.5) is 0 Å². The predicted molar refractivity (Wildman–Crippen MR) is 44.5 cm³/mol. The summed E-state index contributed by atoms with van der Waals surface area (Å²) in [4.78, 5) is 0. The van der Waals surface area contributed by atoms with Gasteiger partial charge in [-0.2, -0.15) is 0 Å². The number of alkyl halides is 1. The summed E-state index contributed by atoms with van der Waals surface area (Å²) in [5, 5.41) is 0. The molecule has 0 bridgehead atoms. The smallest absolute Gasteiger partial charge is 0.309 e. The van der Waals surface area contributed by atoms with E-state index in [-0.39, 0.29) is 0 Å². The maximum absolute atomic E-state index is 6.40. The quantitative estimate of drug-likeness (QED) is 0.276. The van der Waals surface area contributed by atoms with Gasteiger partial charge in [0.15, 0.2) is 0 Å². The zero-order chi connectivity index (χ0) is 7.54. The molecule has 49 valence electrons. The van der Waals surface area contributed by atoms with Gasteiger partial charge in [-0.25, -0.2) is 0 Å². The summed E-state index contributed by atoms with van der Waals surface area (Å²) in [6, 6.07) is 0. The number of halogens is 3. The van der Waals surface area contributed by atoms with E-state index in [1.165, 1.54) is 0 Å². The Hall–Kier alpha value is 1.20. The van der Waals surface area contributed by atoms with E-state index in [1.54, 1.807) is 0 Å². The lowest BCUT2D eigenvalue weighted by molar-refractivity contribution is 0.991. The third-order valence-electron chi connectivity index (χ3n) is 0.435. The fourth-order valence-electron chi connectivity index (χ4n) is 0.155. The Morgan fingerprint density at radius 2 is 1.89 bits per heavy atom. The van der Waals surface area contributed by atoms with Crippen molar-refractivity contribution in [3.05, 3.63) is 6.42 Å². The molecule has 0 amide bonds. The average molecular weight is 197 g/mol. The molecule has 0 aliphatic heterocycles. The van der Waals surface area contributed by atoms with Crippen molar-refractivity contribution in [3.8, 4) is 5.92 Å². The van der Waals surface area contributed by atoms with Gasteiger partial charge in [0.2, 0.25) is 0 Å². The van der Waals surface area contributed by atoms with Crippen molar-refractivity contribution in [1.29, 1.82) is 0 Å². The summed E-state index contributed by atoms with van der Waals surface area (Å²) in [5.41, 5.74) is 0. The SMILES string of the molecule is [C]#CCCCCl.[Cl][Mg][Cl]. The van der Waals surface area contributed by atoms with Crippen LogP contribution >= 0.6 is 29.7 Å². The molecule has 0 aromatic heterocycles. The minimum atomic E-state index is -0.639. The summed E-state index contributed by atoms with van der Waals surface area (Å²) >= 11 is 4.62. The van der Waals surface area contributed by atoms with E-state index in [0.29, 0.717) is 12.3 Å². The van der Waals surface area contributed by atoms with Gasteiger partial charge in [-0.05, 0) is 12.8 Å². The van der Waals surface area contributed by atoms with Gasteiger partial charge >= 0.3 is 18.2 Å². The van der Waals surface area contributed by atoms with Crippen molar-refractivity contribution in [1.82, 2.24) is 0 Å². The lowest BCUT2D eigenvalue weighted by Gasteiger charge is -1.77. The maximum Gasteiger partial charge on any atom is 0.618 e. The van der Waals surface area contributed by atoms with Crippen molar-refractivity contribution in [2.75, 3.05) is 5.88 Å². The predicted octanol–water partition coefficient (Wildman–Crippen LogP) is 2.59. The molecule has 9 heavy (non-hydrogen) atoms. The Kier molecular flexibility index (Phi) is 22.9. The molecule has 0 rings (SSSR count). The molecule has 4 heteroatoms. The van der Waals surface area contributed by atoms with Crippen LogP contribution in [0.25, 0.3) is 0 Å². The summed E-state index contributed by atoms with van der Waals surface area (Å²) in [7, 11) is 9.81. The standard InChI is InChI=1S/C5H6Cl.2ClH.Mg/c1-2-3-4-5-6;;;/h3-5H2;2*1H;/q;;;+2/p-2. The highest BCUT2D eigenvalue weighted by atomic mass is 35.6. The molecule has 0 heterocycles. The van der Waals surface area contributed by atoms with Crippen LogP contribution in [0.15, 0.2) is 0 Å². The second-order valence-corrected chi connectivity index (χ2v) is 4.07. The summed E-state index contributed by atoms with van der Waals surface area (Å²) in [6.45, 7) is 0. The first-order valence-electron chi connectivity index (χ1n) is 2.41. The highest BCUT2D eigenvalue weighted by Gasteiger charge is 1.73. The van der Waals surface area contributed by atoms with Crippen LogP contribution in [-0.2, 0) is 0 Å². The van der Waals surface area contributed by atoms with Gasteiger partial charge in [-0.3, -0.25) is 0 Å². The monoisotopic (exact) mass is 195 g/mol. The van der Waals surface area contributed by atoms with Gasteiger partial charge < -0.3 is 18.1 Å². The zero-order valence-electron chi connectivity index (χ0n) is 4.96. The second kappa shape index (κ2) is 16.1. The first-order chi connectivity index (χ1) is 4.33. The van der Waals surface area contributed by atoms with Gasteiger partial charge in [0, 0.05) is 12.3 Å². The first kappa shape index (κ1) is 12.8. The molecule has 0 saturated carbocycles. The molecular weight excluding hydrogens is 191 g/mol. The van der Waals surface area contributed by atoms with E-state index in [1.807, 2.05) is 0 Å². The van der Waals surface area contributed by atoms with E-state index >= 15 is 0 Å². The molecule has 0 fully saturated rings. The number of rotatable bonds is 2. The maximum atomic E-state index is 6.40. The van der Waals surface area contributed by atoms with Crippen molar-refractivity contribution in [3.63, 3.8) is 0 Å². The van der Waals surface area contributed by atoms with Crippen LogP contribution in [-0.4, -0.2) is 24.0 Å². The normalized spacial score (nSPS) is 6.00. The van der Waals surface area contributed by atoms with E-state index in [9.17, 15) is 0 Å². The van der Waals surface area contributed by atoms with Crippen LogP contribution in [0.3, 0.4) is 0 Å². The van der Waals surface area contributed by atoms with Crippen LogP contribution in [0, 0.1) is 12.3 Å². The molecule has 0 saturated heterocycles. The average Bonchev–Trinajstić information content (AvgIpc) is 1.86. The molecule has 0 aromatic carbocycles. The van der Waals surface area contributed by atoms with E-state index in [0.717, 1.165) is 6.42 Å². The van der Waals surface area contributed by atoms with Gasteiger partial charge in [-0.1, -0.05) is 5.92 Å². The lowest BCUT2D eigenvalue weighted by Crippen LogP contribution is -1.68. The number of hydrogen-bond acceptors (Lipinski definition) is 0. The highest BCUT2D eigenvalue weighted by Crippen LogP contribution is 1.86. The molecule has 0 spiro atoms. The summed E-state index contributed by atoms with van der Waals surface area (Å²) in [5.74, 6) is 2.88. The fraction of sp³-hybridized carbons (Fsp3) is 0.600. The van der Waals surface area contributed by atoms with Crippen LogP contribution in [0.5, 0.6) is 0 Å². The summed E-state index contributed by atoms with van der Waals surface area (Å²) in [6.07, 6.45) is 7.98. The van der Waals surface area contributed by atoms with Gasteiger partial charge in [0.05, 0.1) is 0 Å². The Bertz CT molecular complexity index is 69.1. The van der Waals surface area contributed by atoms with Gasteiger partial charge in [0.1, 0.15) is 0 Å². The zero-order valence-corrected chi connectivity index (χ0v) is 8.64. The van der Waals surface area contributed by atoms with Crippen molar-refractivity contribution in [2.24, 2.45) is 0 Å². The van der Waals surface area contributed by atoms with Gasteiger partial charge in [-0.15, -0.1) is 11.6 Å². The molecule has 0 atom stereocenters. The van der Waals surface area contributed by atoms with Crippen molar-refractivity contribution >= 4 is 47.9 Å². The Morgan fingerprint density at radius 1 is 1.44 bits per heavy atom.